The van der Waals surface area contributed by atoms with Crippen molar-refractivity contribution in [1.29, 1.82) is 0 Å². The summed E-state index contributed by atoms with van der Waals surface area (Å²) in [6, 6.07) is 0. The van der Waals surface area contributed by atoms with Gasteiger partial charge >= 0.3 is 0 Å². The maximum Gasteiger partial charge on any atom is 0.127 e. The predicted octanol–water partition coefficient (Wildman–Crippen LogP) is 0.577. The van der Waals surface area contributed by atoms with Crippen LogP contribution in [0.25, 0.3) is 0 Å². The van der Waals surface area contributed by atoms with E-state index in [0.29, 0.717) is 26.4 Å². The van der Waals surface area contributed by atoms with Gasteiger partial charge in [-0.1, -0.05) is 0 Å². The molecule has 1 aliphatic heterocycles. The molecule has 0 spiro atoms. The van der Waals surface area contributed by atoms with Gasteiger partial charge in [-0.15, -0.1) is 0 Å². The summed E-state index contributed by atoms with van der Waals surface area (Å²) in [5.41, 5.74) is -0.250. The van der Waals surface area contributed by atoms with Crippen molar-refractivity contribution in [1.82, 2.24) is 4.90 Å². The number of rotatable bonds is 9. The van der Waals surface area contributed by atoms with E-state index in [1.54, 1.807) is 14.2 Å². The van der Waals surface area contributed by atoms with Crippen molar-refractivity contribution in [3.63, 3.8) is 0 Å². The first kappa shape index (κ1) is 15.6. The molecule has 18 heavy (non-hydrogen) atoms. The smallest absolute Gasteiger partial charge is 0.127 e. The second-order valence-electron chi connectivity index (χ2n) is 4.85. The molecule has 0 aromatic carbocycles. The summed E-state index contributed by atoms with van der Waals surface area (Å²) in [4.78, 5) is 13.7. The van der Waals surface area contributed by atoms with Crippen LogP contribution in [-0.2, 0) is 19.0 Å². The van der Waals surface area contributed by atoms with Crippen LogP contribution in [0.4, 0.5) is 0 Å². The summed E-state index contributed by atoms with van der Waals surface area (Å²) < 4.78 is 15.6. The average Bonchev–Trinajstić information content (AvgIpc) is 2.43. The number of methoxy groups -OCH3 is 2. The van der Waals surface area contributed by atoms with Crippen molar-refractivity contribution in [3.05, 3.63) is 0 Å². The third-order valence-electron chi connectivity index (χ3n) is 3.50. The minimum Gasteiger partial charge on any atom is -0.383 e. The zero-order valence-electron chi connectivity index (χ0n) is 11.5. The first-order valence-electron chi connectivity index (χ1n) is 6.50. The molecule has 0 unspecified atom stereocenters. The van der Waals surface area contributed by atoms with Crippen LogP contribution in [0.15, 0.2) is 0 Å². The molecule has 1 heterocycles. The Hall–Kier alpha value is -0.490. The highest BCUT2D eigenvalue weighted by molar-refractivity contribution is 5.60. The van der Waals surface area contributed by atoms with E-state index in [0.717, 1.165) is 38.8 Å². The van der Waals surface area contributed by atoms with E-state index >= 15 is 0 Å². The van der Waals surface area contributed by atoms with Gasteiger partial charge in [-0.05, 0) is 12.8 Å². The van der Waals surface area contributed by atoms with Crippen LogP contribution in [0, 0.1) is 5.41 Å². The Kier molecular flexibility index (Phi) is 7.42. The molecule has 1 fully saturated rings. The van der Waals surface area contributed by atoms with Gasteiger partial charge in [0.2, 0.25) is 0 Å². The summed E-state index contributed by atoms with van der Waals surface area (Å²) in [6.45, 7) is 5.14. The van der Waals surface area contributed by atoms with Gasteiger partial charge in [0.1, 0.15) is 6.29 Å². The van der Waals surface area contributed by atoms with E-state index in [2.05, 4.69) is 4.90 Å². The van der Waals surface area contributed by atoms with Gasteiger partial charge in [-0.25, -0.2) is 0 Å². The molecular weight excluding hydrogens is 234 g/mol. The fourth-order valence-electron chi connectivity index (χ4n) is 2.25. The molecule has 0 radical (unpaired) electrons. The molecule has 1 saturated heterocycles. The Morgan fingerprint density at radius 1 is 1.17 bits per heavy atom. The summed E-state index contributed by atoms with van der Waals surface area (Å²) >= 11 is 0. The van der Waals surface area contributed by atoms with E-state index < -0.39 is 0 Å². The van der Waals surface area contributed by atoms with Crippen molar-refractivity contribution < 1.29 is 19.0 Å². The average molecular weight is 259 g/mol. The van der Waals surface area contributed by atoms with Gasteiger partial charge in [0, 0.05) is 52.5 Å². The van der Waals surface area contributed by atoms with E-state index in [1.165, 1.54) is 0 Å². The topological polar surface area (TPSA) is 48.0 Å². The Bertz CT molecular complexity index is 221. The third-order valence-corrected chi connectivity index (χ3v) is 3.50. The molecule has 106 valence electrons. The molecule has 0 saturated carbocycles. The molecule has 5 heteroatoms. The fourth-order valence-corrected chi connectivity index (χ4v) is 2.25. The summed E-state index contributed by atoms with van der Waals surface area (Å²) in [7, 11) is 3.39. The van der Waals surface area contributed by atoms with E-state index in [4.69, 9.17) is 14.2 Å². The van der Waals surface area contributed by atoms with Crippen LogP contribution in [0.1, 0.15) is 12.8 Å². The Morgan fingerprint density at radius 2 is 1.72 bits per heavy atom. The largest absolute Gasteiger partial charge is 0.383 e. The van der Waals surface area contributed by atoms with Crippen LogP contribution in [-0.4, -0.2) is 71.5 Å². The van der Waals surface area contributed by atoms with Crippen molar-refractivity contribution in [2.24, 2.45) is 5.41 Å². The monoisotopic (exact) mass is 259 g/mol. The zero-order valence-corrected chi connectivity index (χ0v) is 11.5. The van der Waals surface area contributed by atoms with Gasteiger partial charge in [0.05, 0.1) is 13.2 Å². The third kappa shape index (κ3) is 5.02. The highest BCUT2D eigenvalue weighted by Crippen LogP contribution is 2.29. The lowest BCUT2D eigenvalue weighted by Crippen LogP contribution is -2.44. The Morgan fingerprint density at radius 3 is 2.17 bits per heavy atom. The van der Waals surface area contributed by atoms with Gasteiger partial charge in [-0.2, -0.15) is 0 Å². The number of nitrogens with zero attached hydrogens (tertiary/aromatic N) is 1. The molecule has 0 aromatic rings. The van der Waals surface area contributed by atoms with Gasteiger partial charge in [-0.3, -0.25) is 4.90 Å². The molecule has 0 bridgehead atoms. The molecule has 0 amide bonds. The van der Waals surface area contributed by atoms with Gasteiger partial charge in [0.15, 0.2) is 0 Å². The predicted molar refractivity (Wildman–Crippen MR) is 68.7 cm³/mol. The maximum atomic E-state index is 11.4. The van der Waals surface area contributed by atoms with Crippen molar-refractivity contribution in [3.8, 4) is 0 Å². The number of ether oxygens (including phenoxy) is 3. The molecular formula is C13H25NO4. The Balaban J connectivity index is 2.51. The molecule has 1 rings (SSSR count). The summed E-state index contributed by atoms with van der Waals surface area (Å²) in [5, 5.41) is 0. The Labute approximate surface area is 109 Å². The highest BCUT2D eigenvalue weighted by Gasteiger charge is 2.34. The summed E-state index contributed by atoms with van der Waals surface area (Å²) in [5.74, 6) is 0. The molecule has 5 nitrogen and oxygen atoms in total. The minimum atomic E-state index is -0.250. The number of hydrogen-bond acceptors (Lipinski definition) is 5. The van der Waals surface area contributed by atoms with Crippen LogP contribution in [0.3, 0.4) is 0 Å². The minimum absolute atomic E-state index is 0.250. The SMILES string of the molecule is COCCN(CCOC)CC1(C=O)CCOCC1. The van der Waals surface area contributed by atoms with E-state index in [1.807, 2.05) is 0 Å². The van der Waals surface area contributed by atoms with Crippen LogP contribution in [0.5, 0.6) is 0 Å². The lowest BCUT2D eigenvalue weighted by molar-refractivity contribution is -0.123. The van der Waals surface area contributed by atoms with Gasteiger partial charge < -0.3 is 19.0 Å². The van der Waals surface area contributed by atoms with Crippen LogP contribution >= 0.6 is 0 Å². The van der Waals surface area contributed by atoms with E-state index in [-0.39, 0.29) is 5.41 Å². The molecule has 1 aliphatic rings. The molecule has 0 aliphatic carbocycles. The lowest BCUT2D eigenvalue weighted by atomic mass is 9.81. The van der Waals surface area contributed by atoms with Gasteiger partial charge in [0.25, 0.3) is 0 Å². The molecule has 0 atom stereocenters. The first-order chi connectivity index (χ1) is 8.76. The van der Waals surface area contributed by atoms with Crippen molar-refractivity contribution >= 4 is 6.29 Å². The van der Waals surface area contributed by atoms with Crippen LogP contribution < -0.4 is 0 Å². The van der Waals surface area contributed by atoms with Crippen molar-refractivity contribution in [2.75, 3.05) is 60.3 Å². The second-order valence-corrected chi connectivity index (χ2v) is 4.85. The van der Waals surface area contributed by atoms with Crippen molar-refractivity contribution in [2.45, 2.75) is 12.8 Å². The maximum absolute atomic E-state index is 11.4. The first-order valence-corrected chi connectivity index (χ1v) is 6.50. The van der Waals surface area contributed by atoms with E-state index in [9.17, 15) is 4.79 Å². The normalized spacial score (nSPS) is 19.1. The summed E-state index contributed by atoms with van der Waals surface area (Å²) in [6.07, 6.45) is 2.74. The number of aldehydes is 1. The lowest BCUT2D eigenvalue weighted by Gasteiger charge is -2.36. The molecule has 0 N–H and O–H groups in total. The fraction of sp³-hybridized carbons (Fsp3) is 0.923. The van der Waals surface area contributed by atoms with Crippen LogP contribution in [0.2, 0.25) is 0 Å². The zero-order chi connectivity index (χ0) is 13.3. The second kappa shape index (κ2) is 8.58. The molecule has 0 aromatic heterocycles. The highest BCUT2D eigenvalue weighted by atomic mass is 16.5. The number of hydrogen-bond donors (Lipinski definition) is 0. The standard InChI is InChI=1S/C13H25NO4/c1-16-9-5-14(6-10-17-2)11-13(12-15)3-7-18-8-4-13/h12H,3-11H2,1-2H3. The number of carbonyl (C=O) groups is 1. The quantitative estimate of drug-likeness (QED) is 0.567. The number of carbonyl (C=O) groups excluding carboxylic acids is 1.